The van der Waals surface area contributed by atoms with Crippen molar-refractivity contribution in [2.24, 2.45) is 0 Å². The Bertz CT molecular complexity index is 1130. The highest BCUT2D eigenvalue weighted by atomic mass is 35.5. The predicted molar refractivity (Wildman–Crippen MR) is 127 cm³/mol. The first kappa shape index (κ1) is 22.5. The van der Waals surface area contributed by atoms with Crippen molar-refractivity contribution >= 4 is 28.6 Å². The molecule has 7 heteroatoms. The third kappa shape index (κ3) is 5.03. The number of phenolic OH excluding ortho intramolecular Hbond substituents is 1. The molecule has 32 heavy (non-hydrogen) atoms. The van der Waals surface area contributed by atoms with Crippen LogP contribution in [0.1, 0.15) is 37.6 Å². The lowest BCUT2D eigenvalue weighted by Gasteiger charge is -2.28. The fraction of sp³-hybridized carbons (Fsp3) is 0.400. The van der Waals surface area contributed by atoms with Crippen molar-refractivity contribution in [3.8, 4) is 5.75 Å². The minimum Gasteiger partial charge on any atom is -0.506 e. The van der Waals surface area contributed by atoms with Crippen LogP contribution in [-0.4, -0.2) is 39.4 Å². The largest absolute Gasteiger partial charge is 0.506 e. The molecule has 0 spiro atoms. The van der Waals surface area contributed by atoms with Gasteiger partial charge in [-0.1, -0.05) is 35.9 Å². The summed E-state index contributed by atoms with van der Waals surface area (Å²) >= 11 is 6.10. The topological polar surface area (TPSA) is 66.7 Å². The van der Waals surface area contributed by atoms with Crippen LogP contribution in [0.3, 0.4) is 0 Å². The van der Waals surface area contributed by atoms with E-state index in [1.807, 2.05) is 32.9 Å². The minimum atomic E-state index is -0.513. The zero-order chi connectivity index (χ0) is 22.9. The molecule has 2 aromatic carbocycles. The number of aromatic nitrogens is 1. The molecule has 0 saturated carbocycles. The summed E-state index contributed by atoms with van der Waals surface area (Å²) in [6.07, 6.45) is 0.572. The molecular formula is C25H30ClN3O3. The second-order valence-corrected chi connectivity index (χ2v) is 9.68. The molecule has 0 unspecified atom stereocenters. The summed E-state index contributed by atoms with van der Waals surface area (Å²) in [5, 5.41) is 14.2. The van der Waals surface area contributed by atoms with E-state index in [-0.39, 0.29) is 5.75 Å². The van der Waals surface area contributed by atoms with Crippen LogP contribution in [-0.2, 0) is 30.8 Å². The third-order valence-corrected chi connectivity index (χ3v) is 5.97. The van der Waals surface area contributed by atoms with Crippen LogP contribution in [0.2, 0.25) is 5.02 Å². The number of carbonyl (C=O) groups is 1. The number of ether oxygens (including phenoxy) is 1. The van der Waals surface area contributed by atoms with E-state index in [9.17, 15) is 9.90 Å². The molecule has 6 nitrogen and oxygen atoms in total. The van der Waals surface area contributed by atoms with Gasteiger partial charge in [0.25, 0.3) is 0 Å². The number of alkyl carbamates (subject to hydrolysis) is 1. The van der Waals surface area contributed by atoms with E-state index in [0.717, 1.165) is 31.6 Å². The number of benzene rings is 2. The molecule has 0 radical (unpaired) electrons. The summed E-state index contributed by atoms with van der Waals surface area (Å²) < 4.78 is 7.68. The summed E-state index contributed by atoms with van der Waals surface area (Å²) in [6.45, 7) is 9.28. The van der Waals surface area contributed by atoms with E-state index in [1.54, 1.807) is 6.07 Å². The van der Waals surface area contributed by atoms with E-state index < -0.39 is 11.7 Å². The van der Waals surface area contributed by atoms with Crippen molar-refractivity contribution in [1.29, 1.82) is 0 Å². The minimum absolute atomic E-state index is 0.106. The molecule has 0 fully saturated rings. The Hall–Kier alpha value is -2.70. The Labute approximate surface area is 193 Å². The molecule has 0 saturated heterocycles. The first-order valence-corrected chi connectivity index (χ1v) is 11.3. The maximum Gasteiger partial charge on any atom is 0.407 e. The van der Waals surface area contributed by atoms with Crippen LogP contribution < -0.4 is 5.32 Å². The molecule has 0 atom stereocenters. The van der Waals surface area contributed by atoms with Crippen molar-refractivity contribution in [3.63, 3.8) is 0 Å². The van der Waals surface area contributed by atoms with Gasteiger partial charge in [-0.2, -0.15) is 0 Å². The SMILES string of the molecule is CC(C)(C)OC(=O)NCCn1c2c(c3ccccc31)CCN(Cc1ccc(O)c(Cl)c1)C2. The zero-order valence-corrected chi connectivity index (χ0v) is 19.6. The lowest BCUT2D eigenvalue weighted by molar-refractivity contribution is 0.0526. The maximum atomic E-state index is 12.1. The smallest absolute Gasteiger partial charge is 0.407 e. The van der Waals surface area contributed by atoms with Crippen LogP contribution in [0.4, 0.5) is 4.79 Å². The van der Waals surface area contributed by atoms with Gasteiger partial charge in [-0.3, -0.25) is 4.90 Å². The monoisotopic (exact) mass is 455 g/mol. The molecule has 170 valence electrons. The summed E-state index contributed by atoms with van der Waals surface area (Å²) in [7, 11) is 0. The normalized spacial score (nSPS) is 14.4. The number of phenols is 1. The van der Waals surface area contributed by atoms with Gasteiger partial charge in [0.05, 0.1) is 5.02 Å². The number of para-hydroxylation sites is 1. The van der Waals surface area contributed by atoms with Gasteiger partial charge < -0.3 is 19.7 Å². The zero-order valence-electron chi connectivity index (χ0n) is 18.8. The lowest BCUT2D eigenvalue weighted by Crippen LogP contribution is -2.35. The summed E-state index contributed by atoms with van der Waals surface area (Å²) in [5.41, 5.74) is 4.43. The number of nitrogens with zero attached hydrogens (tertiary/aromatic N) is 2. The van der Waals surface area contributed by atoms with Gasteiger partial charge in [-0.05, 0) is 56.5 Å². The van der Waals surface area contributed by atoms with E-state index >= 15 is 0 Å². The van der Waals surface area contributed by atoms with Crippen LogP contribution in [0.25, 0.3) is 10.9 Å². The number of amides is 1. The molecule has 2 N–H and O–H groups in total. The van der Waals surface area contributed by atoms with Gasteiger partial charge in [0, 0.05) is 49.3 Å². The highest BCUT2D eigenvalue weighted by molar-refractivity contribution is 6.32. The first-order valence-electron chi connectivity index (χ1n) is 11.0. The number of nitrogens with one attached hydrogen (secondary N) is 1. The second kappa shape index (κ2) is 9.04. The van der Waals surface area contributed by atoms with E-state index in [0.29, 0.717) is 18.1 Å². The third-order valence-electron chi connectivity index (χ3n) is 5.67. The Morgan fingerprint density at radius 2 is 2.00 bits per heavy atom. The number of aromatic hydroxyl groups is 1. The van der Waals surface area contributed by atoms with Crippen molar-refractivity contribution in [3.05, 3.63) is 64.3 Å². The summed E-state index contributed by atoms with van der Waals surface area (Å²) in [4.78, 5) is 14.5. The molecule has 1 amide bonds. The lowest BCUT2D eigenvalue weighted by atomic mass is 10.0. The van der Waals surface area contributed by atoms with Crippen molar-refractivity contribution in [2.75, 3.05) is 13.1 Å². The fourth-order valence-corrected chi connectivity index (χ4v) is 4.53. The van der Waals surface area contributed by atoms with Crippen molar-refractivity contribution in [1.82, 2.24) is 14.8 Å². The highest BCUT2D eigenvalue weighted by Gasteiger charge is 2.24. The number of halogens is 1. The molecule has 1 aliphatic rings. The molecule has 0 bridgehead atoms. The average Bonchev–Trinajstić information content (AvgIpc) is 3.03. The van der Waals surface area contributed by atoms with Crippen LogP contribution in [0, 0.1) is 0 Å². The highest BCUT2D eigenvalue weighted by Crippen LogP contribution is 2.32. The fourth-order valence-electron chi connectivity index (χ4n) is 4.33. The standard InChI is InChI=1S/C25H30ClN3O3/c1-25(2,3)32-24(31)27-11-13-29-21-7-5-4-6-18(21)19-10-12-28(16-22(19)29)15-17-8-9-23(30)20(26)14-17/h4-9,14,30H,10-13,15-16H2,1-3H3,(H,27,31). The number of hydrogen-bond acceptors (Lipinski definition) is 4. The van der Waals surface area contributed by atoms with Gasteiger partial charge in [-0.25, -0.2) is 4.79 Å². The molecule has 3 aromatic rings. The van der Waals surface area contributed by atoms with E-state index in [2.05, 4.69) is 39.0 Å². The van der Waals surface area contributed by atoms with Crippen molar-refractivity contribution in [2.45, 2.75) is 52.4 Å². The van der Waals surface area contributed by atoms with Crippen LogP contribution in [0.15, 0.2) is 42.5 Å². The van der Waals surface area contributed by atoms with Crippen LogP contribution in [0.5, 0.6) is 5.75 Å². The Balaban J connectivity index is 1.52. The van der Waals surface area contributed by atoms with Gasteiger partial charge in [0.15, 0.2) is 0 Å². The second-order valence-electron chi connectivity index (χ2n) is 9.27. The number of carbonyl (C=O) groups excluding carboxylic acids is 1. The number of hydrogen-bond donors (Lipinski definition) is 2. The molecule has 2 heterocycles. The van der Waals surface area contributed by atoms with Gasteiger partial charge in [0.1, 0.15) is 11.4 Å². The quantitative estimate of drug-likeness (QED) is 0.562. The number of rotatable bonds is 5. The van der Waals surface area contributed by atoms with Crippen molar-refractivity contribution < 1.29 is 14.6 Å². The summed E-state index contributed by atoms with van der Waals surface area (Å²) in [6, 6.07) is 13.8. The molecule has 4 rings (SSSR count). The average molecular weight is 456 g/mol. The maximum absolute atomic E-state index is 12.1. The van der Waals surface area contributed by atoms with E-state index in [4.69, 9.17) is 16.3 Å². The summed E-state index contributed by atoms with van der Waals surface area (Å²) in [5.74, 6) is 0.106. The van der Waals surface area contributed by atoms with Crippen LogP contribution >= 0.6 is 11.6 Å². The van der Waals surface area contributed by atoms with E-state index in [1.165, 1.54) is 22.2 Å². The van der Waals surface area contributed by atoms with Gasteiger partial charge in [-0.15, -0.1) is 0 Å². The predicted octanol–water partition coefficient (Wildman–Crippen LogP) is 5.08. The number of fused-ring (bicyclic) bond motifs is 3. The van der Waals surface area contributed by atoms with Gasteiger partial charge >= 0.3 is 6.09 Å². The Kier molecular flexibility index (Phi) is 6.35. The first-order chi connectivity index (χ1) is 15.2. The Morgan fingerprint density at radius 1 is 1.22 bits per heavy atom. The molecule has 1 aromatic heterocycles. The molecule has 0 aliphatic carbocycles. The molecule has 1 aliphatic heterocycles. The Morgan fingerprint density at radius 3 is 2.75 bits per heavy atom. The van der Waals surface area contributed by atoms with Gasteiger partial charge in [0.2, 0.25) is 0 Å². The molecular weight excluding hydrogens is 426 g/mol.